The van der Waals surface area contributed by atoms with Crippen molar-refractivity contribution in [3.8, 4) is 23.0 Å². The number of benzene rings is 3. The number of piperidine rings is 1. The van der Waals surface area contributed by atoms with E-state index in [9.17, 15) is 14.3 Å². The number of carbonyl (C=O) groups excluding carboxylic acids is 1. The summed E-state index contributed by atoms with van der Waals surface area (Å²) in [6.07, 6.45) is 4.32. The van der Waals surface area contributed by atoms with Crippen LogP contribution in [0.1, 0.15) is 24.8 Å². The van der Waals surface area contributed by atoms with Crippen molar-refractivity contribution in [2.45, 2.75) is 31.8 Å². The van der Waals surface area contributed by atoms with Crippen LogP contribution in [0.3, 0.4) is 0 Å². The summed E-state index contributed by atoms with van der Waals surface area (Å²) in [6, 6.07) is 14.9. The van der Waals surface area contributed by atoms with Gasteiger partial charge in [-0.15, -0.1) is 0 Å². The Bertz CT molecular complexity index is 1670. The van der Waals surface area contributed by atoms with E-state index in [1.165, 1.54) is 50.1 Å². The normalized spacial score (nSPS) is 14.0. The third kappa shape index (κ3) is 8.84. The fourth-order valence-electron chi connectivity index (χ4n) is 5.11. The number of nitrogens with zero attached hydrogens (tertiary/aromatic N) is 2. The molecule has 0 aliphatic carbocycles. The Morgan fingerprint density at radius 3 is 2.60 bits per heavy atom. The van der Waals surface area contributed by atoms with Crippen molar-refractivity contribution in [3.05, 3.63) is 84.1 Å². The highest BCUT2D eigenvalue weighted by Gasteiger charge is 2.18. The summed E-state index contributed by atoms with van der Waals surface area (Å²) in [4.78, 5) is 18.9. The molecule has 1 atom stereocenters. The second-order valence-electron chi connectivity index (χ2n) is 10.7. The molecule has 0 radical (unpaired) electrons. The first-order chi connectivity index (χ1) is 21.8. The first-order valence-electron chi connectivity index (χ1n) is 14.6. The van der Waals surface area contributed by atoms with Gasteiger partial charge >= 0.3 is 0 Å². The van der Waals surface area contributed by atoms with E-state index in [4.69, 9.17) is 26.4 Å². The number of rotatable bonds is 11. The molecular formula is C33H34F2N4O5S. The number of aliphatic hydroxyl groups excluding tert-OH is 1. The number of halogens is 2. The Hall–Kier alpha value is -4.39. The van der Waals surface area contributed by atoms with Gasteiger partial charge in [-0.25, -0.2) is 8.78 Å². The maximum absolute atomic E-state index is 15.1. The molecule has 9 nitrogen and oxygen atoms in total. The number of aromatic nitrogens is 1. The number of pyridine rings is 1. The standard InChI is InChI=1S/C33H34F2N4O5S/c1-42-30-17-25-27(18-31(30)43-20-24(40)19-39-12-3-2-4-13-39)36-11-10-28(25)44-29-9-8-23(16-26(29)35)37-33(45)38-32(41)15-21-6-5-7-22(34)14-21/h5-11,14,16-18,24,40H,2-4,12-13,15,19-20H2,1H3,(H2,37,38,41,45). The van der Waals surface area contributed by atoms with Crippen LogP contribution in [0.15, 0.2) is 66.9 Å². The smallest absolute Gasteiger partial charge is 0.230 e. The van der Waals surface area contributed by atoms with Crippen molar-refractivity contribution < 1.29 is 32.9 Å². The Kier molecular flexibility index (Phi) is 10.7. The number of methoxy groups -OCH3 is 1. The molecule has 236 valence electrons. The van der Waals surface area contributed by atoms with Crippen LogP contribution in [0.25, 0.3) is 10.9 Å². The quantitative estimate of drug-likeness (QED) is 0.182. The number of nitrogens with one attached hydrogen (secondary N) is 2. The first kappa shape index (κ1) is 32.0. The predicted octanol–water partition coefficient (Wildman–Crippen LogP) is 5.60. The zero-order valence-electron chi connectivity index (χ0n) is 24.7. The fraction of sp³-hybridized carbons (Fsp3) is 0.303. The zero-order valence-corrected chi connectivity index (χ0v) is 25.5. The number of amides is 1. The molecule has 1 amide bonds. The SMILES string of the molecule is COc1cc2c(Oc3ccc(NC(=S)NC(=O)Cc4cccc(F)c4)cc3F)ccnc2cc1OCC(O)CN1CCCCC1. The van der Waals surface area contributed by atoms with Gasteiger partial charge in [0.1, 0.15) is 24.3 Å². The van der Waals surface area contributed by atoms with Gasteiger partial charge in [-0.3, -0.25) is 9.78 Å². The van der Waals surface area contributed by atoms with E-state index < -0.39 is 23.6 Å². The monoisotopic (exact) mass is 636 g/mol. The highest BCUT2D eigenvalue weighted by molar-refractivity contribution is 7.80. The Morgan fingerprint density at radius 2 is 1.84 bits per heavy atom. The van der Waals surface area contributed by atoms with Gasteiger partial charge in [-0.1, -0.05) is 18.6 Å². The van der Waals surface area contributed by atoms with Crippen molar-refractivity contribution >= 4 is 39.8 Å². The van der Waals surface area contributed by atoms with Gasteiger partial charge in [-0.2, -0.15) is 0 Å². The molecule has 1 aliphatic rings. The number of β-amino-alcohol motifs (C(OH)–C–C–N with tert-alkyl or cyclic N) is 1. The Balaban J connectivity index is 1.21. The topological polar surface area (TPSA) is 105 Å². The van der Waals surface area contributed by atoms with E-state index in [2.05, 4.69) is 20.5 Å². The summed E-state index contributed by atoms with van der Waals surface area (Å²) < 4.78 is 45.9. The maximum Gasteiger partial charge on any atom is 0.230 e. The molecule has 3 N–H and O–H groups in total. The number of carbonyl (C=O) groups is 1. The number of anilines is 1. The average Bonchev–Trinajstić information content (AvgIpc) is 3.01. The van der Waals surface area contributed by atoms with Crippen LogP contribution in [0.4, 0.5) is 14.5 Å². The van der Waals surface area contributed by atoms with Gasteiger partial charge < -0.3 is 34.9 Å². The van der Waals surface area contributed by atoms with Crippen LogP contribution in [0.2, 0.25) is 0 Å². The number of hydrogen-bond acceptors (Lipinski definition) is 8. The van der Waals surface area contributed by atoms with E-state index in [0.29, 0.717) is 45.9 Å². The van der Waals surface area contributed by atoms with Gasteiger partial charge in [0.2, 0.25) is 5.91 Å². The third-order valence-electron chi connectivity index (χ3n) is 7.25. The summed E-state index contributed by atoms with van der Waals surface area (Å²) in [5.41, 5.74) is 1.32. The van der Waals surface area contributed by atoms with Crippen molar-refractivity contribution in [2.24, 2.45) is 0 Å². The lowest BCUT2D eigenvalue weighted by Gasteiger charge is -2.28. The predicted molar refractivity (Wildman–Crippen MR) is 171 cm³/mol. The summed E-state index contributed by atoms with van der Waals surface area (Å²) in [5.74, 6) is -0.421. The van der Waals surface area contributed by atoms with E-state index >= 15 is 4.39 Å². The van der Waals surface area contributed by atoms with Gasteiger partial charge in [0.25, 0.3) is 0 Å². The second kappa shape index (κ2) is 15.1. The number of hydrogen-bond donors (Lipinski definition) is 3. The fourth-order valence-corrected chi connectivity index (χ4v) is 5.35. The first-order valence-corrected chi connectivity index (χ1v) is 15.0. The van der Waals surface area contributed by atoms with E-state index in [0.717, 1.165) is 25.9 Å². The number of aliphatic hydroxyl groups is 1. The van der Waals surface area contributed by atoms with Gasteiger partial charge in [0, 0.05) is 35.9 Å². The molecule has 0 saturated carbocycles. The molecule has 1 saturated heterocycles. The lowest BCUT2D eigenvalue weighted by atomic mass is 10.1. The molecule has 1 unspecified atom stereocenters. The average molecular weight is 637 g/mol. The summed E-state index contributed by atoms with van der Waals surface area (Å²) in [5, 5.41) is 16.3. The number of thiocarbonyl (C=S) groups is 1. The van der Waals surface area contributed by atoms with Crippen LogP contribution in [-0.4, -0.2) is 65.5 Å². The minimum Gasteiger partial charge on any atom is -0.493 e. The molecule has 4 aromatic rings. The van der Waals surface area contributed by atoms with Gasteiger partial charge in [-0.05, 0) is 80.1 Å². The second-order valence-corrected chi connectivity index (χ2v) is 11.1. The number of likely N-dealkylation sites (tertiary alicyclic amines) is 1. The van der Waals surface area contributed by atoms with Crippen molar-refractivity contribution in [1.82, 2.24) is 15.2 Å². The molecule has 3 aromatic carbocycles. The van der Waals surface area contributed by atoms with Crippen LogP contribution in [0.5, 0.6) is 23.0 Å². The minimum absolute atomic E-state index is 0.0336. The largest absolute Gasteiger partial charge is 0.493 e. The molecule has 0 spiro atoms. The molecular weight excluding hydrogens is 602 g/mol. The summed E-state index contributed by atoms with van der Waals surface area (Å²) >= 11 is 5.18. The highest BCUT2D eigenvalue weighted by atomic mass is 32.1. The number of fused-ring (bicyclic) bond motifs is 1. The minimum atomic E-state index is -0.673. The molecule has 1 aliphatic heterocycles. The summed E-state index contributed by atoms with van der Waals surface area (Å²) in [7, 11) is 1.51. The van der Waals surface area contributed by atoms with Crippen LogP contribution in [0, 0.1) is 11.6 Å². The molecule has 0 bridgehead atoms. The third-order valence-corrected chi connectivity index (χ3v) is 7.46. The van der Waals surface area contributed by atoms with Gasteiger partial charge in [0.05, 0.1) is 19.0 Å². The van der Waals surface area contributed by atoms with Crippen LogP contribution in [-0.2, 0) is 11.2 Å². The molecule has 12 heteroatoms. The van der Waals surface area contributed by atoms with E-state index in [-0.39, 0.29) is 23.9 Å². The lowest BCUT2D eigenvalue weighted by Crippen LogP contribution is -2.38. The van der Waals surface area contributed by atoms with E-state index in [1.807, 2.05) is 0 Å². The molecule has 2 heterocycles. The van der Waals surface area contributed by atoms with E-state index in [1.54, 1.807) is 30.3 Å². The number of ether oxygens (including phenoxy) is 3. The van der Waals surface area contributed by atoms with Crippen molar-refractivity contribution in [1.29, 1.82) is 0 Å². The maximum atomic E-state index is 15.1. The molecule has 45 heavy (non-hydrogen) atoms. The molecule has 5 rings (SSSR count). The summed E-state index contributed by atoms with van der Waals surface area (Å²) in [6.45, 7) is 2.60. The highest BCUT2D eigenvalue weighted by Crippen LogP contribution is 2.38. The van der Waals surface area contributed by atoms with Gasteiger partial charge in [0.15, 0.2) is 28.2 Å². The lowest BCUT2D eigenvalue weighted by molar-refractivity contribution is -0.119. The van der Waals surface area contributed by atoms with Crippen molar-refractivity contribution in [2.75, 3.05) is 38.7 Å². The molecule has 1 fully saturated rings. The molecule has 1 aromatic heterocycles. The zero-order chi connectivity index (χ0) is 31.8. The van der Waals surface area contributed by atoms with Crippen molar-refractivity contribution in [3.63, 3.8) is 0 Å². The Morgan fingerprint density at radius 1 is 1.02 bits per heavy atom. The van der Waals surface area contributed by atoms with Crippen LogP contribution >= 0.6 is 12.2 Å². The van der Waals surface area contributed by atoms with Crippen LogP contribution < -0.4 is 24.8 Å². The Labute approximate surface area is 265 Å².